The van der Waals surface area contributed by atoms with Crippen molar-refractivity contribution < 1.29 is 4.74 Å². The number of nitrogens with two attached hydrogens (primary N) is 1. The molecule has 0 radical (unpaired) electrons. The van der Waals surface area contributed by atoms with Gasteiger partial charge in [-0.15, -0.1) is 0 Å². The number of hydrogen-bond donors (Lipinski definition) is 1. The molecule has 0 fully saturated rings. The van der Waals surface area contributed by atoms with Crippen LogP contribution in [0.5, 0.6) is 5.75 Å². The van der Waals surface area contributed by atoms with Crippen LogP contribution in [0.1, 0.15) is 25.0 Å². The minimum Gasteiger partial charge on any atom is -0.483 e. The van der Waals surface area contributed by atoms with E-state index in [2.05, 4.69) is 24.9 Å². The van der Waals surface area contributed by atoms with Crippen molar-refractivity contribution in [2.45, 2.75) is 25.9 Å². The molecular formula is C16H20N2O. The standard InChI is InChI=1S/C16H20N2O/c1-16(2,14-8-11-18-12-9-14)19-15-6-4-3-5-13(15)7-10-17/h3-6,8-9,11-12H,7,10,17H2,1-2H3. The molecule has 100 valence electrons. The fraction of sp³-hybridized carbons (Fsp3) is 0.312. The van der Waals surface area contributed by atoms with E-state index in [9.17, 15) is 0 Å². The molecular weight excluding hydrogens is 236 g/mol. The molecule has 2 N–H and O–H groups in total. The summed E-state index contributed by atoms with van der Waals surface area (Å²) >= 11 is 0. The molecule has 0 aliphatic heterocycles. The molecule has 0 aliphatic carbocycles. The lowest BCUT2D eigenvalue weighted by Crippen LogP contribution is -2.26. The van der Waals surface area contributed by atoms with Crippen LogP contribution in [0.15, 0.2) is 48.8 Å². The third-order valence-corrected chi connectivity index (χ3v) is 3.13. The van der Waals surface area contributed by atoms with Gasteiger partial charge in [-0.2, -0.15) is 0 Å². The highest BCUT2D eigenvalue weighted by Crippen LogP contribution is 2.29. The predicted molar refractivity (Wildman–Crippen MR) is 77.1 cm³/mol. The highest BCUT2D eigenvalue weighted by molar-refractivity contribution is 5.35. The van der Waals surface area contributed by atoms with E-state index < -0.39 is 5.60 Å². The molecule has 3 nitrogen and oxygen atoms in total. The minimum absolute atomic E-state index is 0.395. The van der Waals surface area contributed by atoms with Crippen molar-refractivity contribution in [3.05, 3.63) is 59.9 Å². The lowest BCUT2D eigenvalue weighted by molar-refractivity contribution is 0.107. The van der Waals surface area contributed by atoms with Crippen molar-refractivity contribution >= 4 is 0 Å². The Bertz CT molecular complexity index is 523. The normalized spacial score (nSPS) is 11.3. The SMILES string of the molecule is CC(C)(Oc1ccccc1CCN)c1ccncc1. The van der Waals surface area contributed by atoms with Gasteiger partial charge in [-0.05, 0) is 56.1 Å². The van der Waals surface area contributed by atoms with Gasteiger partial charge >= 0.3 is 0 Å². The van der Waals surface area contributed by atoms with Gasteiger partial charge in [0.2, 0.25) is 0 Å². The van der Waals surface area contributed by atoms with E-state index in [1.165, 1.54) is 0 Å². The van der Waals surface area contributed by atoms with Gasteiger partial charge in [0, 0.05) is 12.4 Å². The first-order chi connectivity index (χ1) is 9.13. The van der Waals surface area contributed by atoms with Gasteiger partial charge in [-0.25, -0.2) is 0 Å². The lowest BCUT2D eigenvalue weighted by atomic mass is 9.99. The zero-order valence-corrected chi connectivity index (χ0v) is 11.5. The number of rotatable bonds is 5. The van der Waals surface area contributed by atoms with Crippen LogP contribution in [0.25, 0.3) is 0 Å². The smallest absolute Gasteiger partial charge is 0.128 e. The molecule has 1 aromatic carbocycles. The van der Waals surface area contributed by atoms with Crippen LogP contribution in [0.4, 0.5) is 0 Å². The highest BCUT2D eigenvalue weighted by Gasteiger charge is 2.23. The third-order valence-electron chi connectivity index (χ3n) is 3.13. The lowest BCUT2D eigenvalue weighted by Gasteiger charge is -2.28. The van der Waals surface area contributed by atoms with E-state index in [1.54, 1.807) is 12.4 Å². The summed E-state index contributed by atoms with van der Waals surface area (Å²) in [6, 6.07) is 12.0. The summed E-state index contributed by atoms with van der Waals surface area (Å²) in [7, 11) is 0. The first kappa shape index (κ1) is 13.6. The van der Waals surface area contributed by atoms with Gasteiger partial charge in [-0.1, -0.05) is 18.2 Å². The number of aromatic nitrogens is 1. The predicted octanol–water partition coefficient (Wildman–Crippen LogP) is 2.90. The Hall–Kier alpha value is -1.87. The van der Waals surface area contributed by atoms with Gasteiger partial charge in [0.1, 0.15) is 11.4 Å². The number of hydrogen-bond acceptors (Lipinski definition) is 3. The second-order valence-electron chi connectivity index (χ2n) is 4.99. The van der Waals surface area contributed by atoms with Gasteiger partial charge < -0.3 is 10.5 Å². The molecule has 0 saturated heterocycles. The van der Waals surface area contributed by atoms with Crippen molar-refractivity contribution in [3.8, 4) is 5.75 Å². The minimum atomic E-state index is -0.395. The van der Waals surface area contributed by atoms with Crippen molar-refractivity contribution in [3.63, 3.8) is 0 Å². The molecule has 1 heterocycles. The first-order valence-electron chi connectivity index (χ1n) is 6.51. The number of benzene rings is 1. The average molecular weight is 256 g/mol. The Morgan fingerprint density at radius 1 is 1.11 bits per heavy atom. The maximum atomic E-state index is 6.19. The molecule has 0 amide bonds. The molecule has 19 heavy (non-hydrogen) atoms. The van der Waals surface area contributed by atoms with E-state index in [1.807, 2.05) is 30.3 Å². The Balaban J connectivity index is 2.25. The van der Waals surface area contributed by atoms with Crippen LogP contribution in [-0.2, 0) is 12.0 Å². The van der Waals surface area contributed by atoms with E-state index in [0.29, 0.717) is 6.54 Å². The molecule has 0 aliphatic rings. The van der Waals surface area contributed by atoms with E-state index in [4.69, 9.17) is 10.5 Å². The number of pyridine rings is 1. The average Bonchev–Trinajstić information content (AvgIpc) is 2.42. The fourth-order valence-corrected chi connectivity index (χ4v) is 2.05. The van der Waals surface area contributed by atoms with Crippen LogP contribution in [-0.4, -0.2) is 11.5 Å². The van der Waals surface area contributed by atoms with Crippen molar-refractivity contribution in [1.82, 2.24) is 4.98 Å². The molecule has 0 saturated carbocycles. The second kappa shape index (κ2) is 5.85. The van der Waals surface area contributed by atoms with E-state index >= 15 is 0 Å². The maximum absolute atomic E-state index is 6.19. The molecule has 0 unspecified atom stereocenters. The third kappa shape index (κ3) is 3.32. The number of para-hydroxylation sites is 1. The summed E-state index contributed by atoms with van der Waals surface area (Å²) in [6.07, 6.45) is 4.39. The summed E-state index contributed by atoms with van der Waals surface area (Å²) < 4.78 is 6.19. The summed E-state index contributed by atoms with van der Waals surface area (Å²) in [5.41, 5.74) is 7.49. The van der Waals surface area contributed by atoms with Crippen LogP contribution < -0.4 is 10.5 Å². The Labute approximate surface area is 114 Å². The van der Waals surface area contributed by atoms with E-state index in [0.717, 1.165) is 23.3 Å². The molecule has 2 rings (SSSR count). The highest BCUT2D eigenvalue weighted by atomic mass is 16.5. The second-order valence-corrected chi connectivity index (χ2v) is 4.99. The first-order valence-corrected chi connectivity index (χ1v) is 6.51. The van der Waals surface area contributed by atoms with Crippen LogP contribution in [0.3, 0.4) is 0 Å². The Kier molecular flexibility index (Phi) is 4.17. The number of ether oxygens (including phenoxy) is 1. The van der Waals surface area contributed by atoms with Crippen LogP contribution in [0.2, 0.25) is 0 Å². The molecule has 1 aromatic heterocycles. The molecule has 3 heteroatoms. The largest absolute Gasteiger partial charge is 0.483 e. The molecule has 2 aromatic rings. The molecule has 0 spiro atoms. The molecule has 0 atom stereocenters. The van der Waals surface area contributed by atoms with Crippen LogP contribution >= 0.6 is 0 Å². The Morgan fingerprint density at radius 3 is 2.47 bits per heavy atom. The van der Waals surface area contributed by atoms with Gasteiger partial charge in [0.05, 0.1) is 0 Å². The summed E-state index contributed by atoms with van der Waals surface area (Å²) in [5, 5.41) is 0. The Morgan fingerprint density at radius 2 is 1.79 bits per heavy atom. The van der Waals surface area contributed by atoms with Crippen LogP contribution in [0, 0.1) is 0 Å². The van der Waals surface area contributed by atoms with Crippen molar-refractivity contribution in [1.29, 1.82) is 0 Å². The number of nitrogens with zero attached hydrogens (tertiary/aromatic N) is 1. The fourth-order valence-electron chi connectivity index (χ4n) is 2.05. The summed E-state index contributed by atoms with van der Waals surface area (Å²) in [4.78, 5) is 4.04. The topological polar surface area (TPSA) is 48.1 Å². The molecule has 0 bridgehead atoms. The zero-order valence-electron chi connectivity index (χ0n) is 11.5. The monoisotopic (exact) mass is 256 g/mol. The summed E-state index contributed by atoms with van der Waals surface area (Å²) in [5.74, 6) is 0.898. The quantitative estimate of drug-likeness (QED) is 0.894. The maximum Gasteiger partial charge on any atom is 0.128 e. The summed E-state index contributed by atoms with van der Waals surface area (Å²) in [6.45, 7) is 4.74. The zero-order chi connectivity index (χ0) is 13.7. The van der Waals surface area contributed by atoms with Gasteiger partial charge in [0.15, 0.2) is 0 Å². The van der Waals surface area contributed by atoms with Gasteiger partial charge in [0.25, 0.3) is 0 Å². The van der Waals surface area contributed by atoms with Gasteiger partial charge in [-0.3, -0.25) is 4.98 Å². The van der Waals surface area contributed by atoms with Crippen molar-refractivity contribution in [2.75, 3.05) is 6.54 Å². The van der Waals surface area contributed by atoms with E-state index in [-0.39, 0.29) is 0 Å². The van der Waals surface area contributed by atoms with Crippen molar-refractivity contribution in [2.24, 2.45) is 5.73 Å².